The van der Waals surface area contributed by atoms with Crippen LogP contribution in [0.15, 0.2) is 35.6 Å². The van der Waals surface area contributed by atoms with Crippen molar-refractivity contribution >= 4 is 22.5 Å². The molecular weight excluding hydrogens is 230 g/mol. The van der Waals surface area contributed by atoms with Gasteiger partial charge < -0.3 is 4.90 Å². The van der Waals surface area contributed by atoms with Gasteiger partial charge in [-0.05, 0) is 18.2 Å². The van der Waals surface area contributed by atoms with Crippen LogP contribution in [0.25, 0.3) is 10.9 Å². The van der Waals surface area contributed by atoms with E-state index in [4.69, 9.17) is 0 Å². The number of carbonyl (C=O) groups is 1. The Morgan fingerprint density at radius 1 is 1.33 bits per heavy atom. The zero-order chi connectivity index (χ0) is 12.7. The molecule has 1 saturated heterocycles. The van der Waals surface area contributed by atoms with Crippen molar-refractivity contribution in [3.63, 3.8) is 0 Å². The number of aromatic amines is 2. The summed E-state index contributed by atoms with van der Waals surface area (Å²) in [6.45, 7) is 4.36. The van der Waals surface area contributed by atoms with Gasteiger partial charge in [0.15, 0.2) is 0 Å². The monoisotopic (exact) mass is 243 g/mol. The van der Waals surface area contributed by atoms with Crippen LogP contribution in [-0.4, -0.2) is 22.6 Å². The molecule has 5 heteroatoms. The van der Waals surface area contributed by atoms with E-state index in [0.717, 1.165) is 11.2 Å². The Morgan fingerprint density at radius 3 is 2.89 bits per heavy atom. The van der Waals surface area contributed by atoms with Crippen molar-refractivity contribution in [2.75, 3.05) is 11.4 Å². The number of amides is 1. The van der Waals surface area contributed by atoms with Gasteiger partial charge >= 0.3 is 0 Å². The van der Waals surface area contributed by atoms with Crippen molar-refractivity contribution in [2.24, 2.45) is 5.92 Å². The molecule has 1 fully saturated rings. The summed E-state index contributed by atoms with van der Waals surface area (Å²) in [5.74, 6) is 0.268. The summed E-state index contributed by atoms with van der Waals surface area (Å²) in [4.78, 5) is 25.1. The highest BCUT2D eigenvalue weighted by Gasteiger charge is 2.28. The molecule has 0 aliphatic carbocycles. The summed E-state index contributed by atoms with van der Waals surface area (Å²) < 4.78 is 0. The number of anilines is 1. The molecule has 5 nitrogen and oxygen atoms in total. The third-order valence-corrected chi connectivity index (χ3v) is 3.36. The molecular formula is C13H13N3O2. The summed E-state index contributed by atoms with van der Waals surface area (Å²) in [6, 6.07) is 5.39. The maximum Gasteiger partial charge on any atom is 0.271 e. The molecule has 1 aromatic heterocycles. The second-order valence-electron chi connectivity index (χ2n) is 4.51. The topological polar surface area (TPSA) is 69.0 Å². The Kier molecular flexibility index (Phi) is 2.33. The first-order valence-corrected chi connectivity index (χ1v) is 5.82. The minimum absolute atomic E-state index is 0.0752. The van der Waals surface area contributed by atoms with Gasteiger partial charge in [0.25, 0.3) is 5.56 Å². The number of H-pyrrole nitrogens is 2. The molecule has 2 aromatic rings. The zero-order valence-corrected chi connectivity index (χ0v) is 9.77. The molecule has 1 aromatic carbocycles. The van der Waals surface area contributed by atoms with Gasteiger partial charge in [-0.1, -0.05) is 6.08 Å². The number of aromatic nitrogens is 2. The first kappa shape index (κ1) is 10.8. The summed E-state index contributed by atoms with van der Waals surface area (Å²) in [5.41, 5.74) is 1.34. The normalized spacial score (nSPS) is 19.7. The SMILES string of the molecule is C=CC1CC(=O)N(c2ccc3[nH][nH]c(=O)c3c2)C1. The lowest BCUT2D eigenvalue weighted by atomic mass is 10.1. The minimum Gasteiger partial charge on any atom is -0.312 e. The maximum atomic E-state index is 11.9. The Labute approximate surface area is 103 Å². The van der Waals surface area contributed by atoms with Crippen molar-refractivity contribution < 1.29 is 4.79 Å². The van der Waals surface area contributed by atoms with E-state index in [-0.39, 0.29) is 17.4 Å². The van der Waals surface area contributed by atoms with E-state index in [1.54, 1.807) is 23.1 Å². The van der Waals surface area contributed by atoms with Crippen LogP contribution in [0.3, 0.4) is 0 Å². The van der Waals surface area contributed by atoms with E-state index in [9.17, 15) is 9.59 Å². The summed E-state index contributed by atoms with van der Waals surface area (Å²) in [5, 5.41) is 5.88. The van der Waals surface area contributed by atoms with Gasteiger partial charge in [0.2, 0.25) is 5.91 Å². The molecule has 0 saturated carbocycles. The van der Waals surface area contributed by atoms with Gasteiger partial charge in [-0.25, -0.2) is 0 Å². The standard InChI is InChI=1S/C13H13N3O2/c1-2-8-5-12(17)16(7-8)9-3-4-11-10(6-9)13(18)15-14-11/h2-4,6,8H,1,5,7H2,(H2,14,15,18). The number of rotatable bonds is 2. The van der Waals surface area contributed by atoms with Crippen LogP contribution in [0, 0.1) is 5.92 Å². The van der Waals surface area contributed by atoms with Crippen molar-refractivity contribution in [3.8, 4) is 0 Å². The van der Waals surface area contributed by atoms with Crippen LogP contribution < -0.4 is 10.5 Å². The lowest BCUT2D eigenvalue weighted by Gasteiger charge is -2.16. The quantitative estimate of drug-likeness (QED) is 0.783. The number of fused-ring (bicyclic) bond motifs is 1. The molecule has 1 aliphatic heterocycles. The third kappa shape index (κ3) is 1.55. The molecule has 18 heavy (non-hydrogen) atoms. The van der Waals surface area contributed by atoms with Crippen LogP contribution >= 0.6 is 0 Å². The highest BCUT2D eigenvalue weighted by molar-refractivity contribution is 5.97. The molecule has 92 valence electrons. The maximum absolute atomic E-state index is 11.9. The minimum atomic E-state index is -0.168. The highest BCUT2D eigenvalue weighted by Crippen LogP contribution is 2.26. The largest absolute Gasteiger partial charge is 0.312 e. The van der Waals surface area contributed by atoms with E-state index >= 15 is 0 Å². The average molecular weight is 243 g/mol. The first-order valence-electron chi connectivity index (χ1n) is 5.82. The van der Waals surface area contributed by atoms with Crippen LogP contribution in [0.1, 0.15) is 6.42 Å². The fourth-order valence-corrected chi connectivity index (χ4v) is 2.33. The van der Waals surface area contributed by atoms with E-state index in [2.05, 4.69) is 16.8 Å². The molecule has 1 unspecified atom stereocenters. The Bertz CT molecular complexity index is 683. The van der Waals surface area contributed by atoms with Crippen LogP contribution in [0.5, 0.6) is 0 Å². The molecule has 0 radical (unpaired) electrons. The average Bonchev–Trinajstić information content (AvgIpc) is 2.93. The summed E-state index contributed by atoms with van der Waals surface area (Å²) >= 11 is 0. The number of hydrogen-bond donors (Lipinski definition) is 2. The molecule has 2 heterocycles. The molecule has 1 atom stereocenters. The number of carbonyl (C=O) groups excluding carboxylic acids is 1. The lowest BCUT2D eigenvalue weighted by molar-refractivity contribution is -0.117. The van der Waals surface area contributed by atoms with Gasteiger partial charge in [0.1, 0.15) is 0 Å². The number of nitrogens with one attached hydrogen (secondary N) is 2. The lowest BCUT2D eigenvalue weighted by Crippen LogP contribution is -2.24. The van der Waals surface area contributed by atoms with E-state index in [1.807, 2.05) is 6.07 Å². The van der Waals surface area contributed by atoms with Gasteiger partial charge in [0, 0.05) is 24.6 Å². The first-order chi connectivity index (χ1) is 8.69. The number of nitrogens with zero attached hydrogens (tertiary/aromatic N) is 1. The number of hydrogen-bond acceptors (Lipinski definition) is 2. The van der Waals surface area contributed by atoms with Crippen molar-refractivity contribution in [1.29, 1.82) is 0 Å². The van der Waals surface area contributed by atoms with Gasteiger partial charge in [-0.2, -0.15) is 0 Å². The number of benzene rings is 1. The molecule has 0 bridgehead atoms. The predicted molar refractivity (Wildman–Crippen MR) is 69.6 cm³/mol. The predicted octanol–water partition coefficient (Wildman–Crippen LogP) is 1.40. The van der Waals surface area contributed by atoms with Crippen molar-refractivity contribution in [3.05, 3.63) is 41.2 Å². The molecule has 1 aliphatic rings. The van der Waals surface area contributed by atoms with E-state index < -0.39 is 0 Å². The smallest absolute Gasteiger partial charge is 0.271 e. The second-order valence-corrected chi connectivity index (χ2v) is 4.51. The molecule has 3 rings (SSSR count). The second kappa shape index (κ2) is 3.87. The molecule has 2 N–H and O–H groups in total. The fourth-order valence-electron chi connectivity index (χ4n) is 2.33. The van der Waals surface area contributed by atoms with Gasteiger partial charge in [0.05, 0.1) is 10.9 Å². The van der Waals surface area contributed by atoms with Crippen molar-refractivity contribution in [2.45, 2.75) is 6.42 Å². The van der Waals surface area contributed by atoms with Crippen LogP contribution in [-0.2, 0) is 4.79 Å². The zero-order valence-electron chi connectivity index (χ0n) is 9.77. The highest BCUT2D eigenvalue weighted by atomic mass is 16.2. The third-order valence-electron chi connectivity index (χ3n) is 3.36. The Hall–Kier alpha value is -2.30. The van der Waals surface area contributed by atoms with E-state index in [1.165, 1.54) is 0 Å². The van der Waals surface area contributed by atoms with Gasteiger partial charge in [-0.3, -0.25) is 19.8 Å². The molecule has 1 amide bonds. The fraction of sp³-hybridized carbons (Fsp3) is 0.231. The molecule has 0 spiro atoms. The summed E-state index contributed by atoms with van der Waals surface area (Å²) in [7, 11) is 0. The Morgan fingerprint density at radius 2 is 2.17 bits per heavy atom. The van der Waals surface area contributed by atoms with Crippen molar-refractivity contribution in [1.82, 2.24) is 10.2 Å². The summed E-state index contributed by atoms with van der Waals surface area (Å²) in [6.07, 6.45) is 2.30. The van der Waals surface area contributed by atoms with Crippen LogP contribution in [0.4, 0.5) is 5.69 Å². The Balaban J connectivity index is 2.04. The van der Waals surface area contributed by atoms with E-state index in [0.29, 0.717) is 18.4 Å². The van der Waals surface area contributed by atoms with Crippen LogP contribution in [0.2, 0.25) is 0 Å². The van der Waals surface area contributed by atoms with Gasteiger partial charge in [-0.15, -0.1) is 6.58 Å².